The number of piperidine rings is 1. The number of carbonyl (C=O) groups excluding carboxylic acids is 1. The fraction of sp³-hybridized carbons (Fsp3) is 0.333. The normalized spacial score (nSPS) is 17.5. The first-order valence-electron chi connectivity index (χ1n) is 10.0. The van der Waals surface area contributed by atoms with E-state index in [2.05, 4.69) is 10.4 Å². The molecule has 1 atom stereocenters. The molecule has 10 heteroatoms. The highest BCUT2D eigenvalue weighted by Crippen LogP contribution is 2.32. The first-order chi connectivity index (χ1) is 14.8. The van der Waals surface area contributed by atoms with Crippen LogP contribution in [0.15, 0.2) is 52.7 Å². The largest absolute Gasteiger partial charge is 0.309 e. The van der Waals surface area contributed by atoms with Crippen LogP contribution in [0.1, 0.15) is 30.5 Å². The van der Waals surface area contributed by atoms with Crippen LogP contribution in [0.5, 0.6) is 0 Å². The zero-order chi connectivity index (χ0) is 22.0. The third-order valence-electron chi connectivity index (χ3n) is 5.20. The summed E-state index contributed by atoms with van der Waals surface area (Å²) in [6.45, 7) is 2.66. The van der Waals surface area contributed by atoms with Crippen molar-refractivity contribution < 1.29 is 13.2 Å². The number of anilines is 1. The Morgan fingerprint density at radius 3 is 2.71 bits per heavy atom. The van der Waals surface area contributed by atoms with Gasteiger partial charge in [-0.15, -0.1) is 11.3 Å². The zero-order valence-corrected chi connectivity index (χ0v) is 19.4. The van der Waals surface area contributed by atoms with E-state index in [1.54, 1.807) is 16.8 Å². The maximum absolute atomic E-state index is 13.2. The Kier molecular flexibility index (Phi) is 6.47. The van der Waals surface area contributed by atoms with Crippen molar-refractivity contribution in [3.63, 3.8) is 0 Å². The summed E-state index contributed by atoms with van der Waals surface area (Å²) in [7, 11) is -3.80. The van der Waals surface area contributed by atoms with Gasteiger partial charge in [0, 0.05) is 12.6 Å². The van der Waals surface area contributed by atoms with Crippen molar-refractivity contribution >= 4 is 44.7 Å². The van der Waals surface area contributed by atoms with E-state index in [1.165, 1.54) is 10.4 Å². The van der Waals surface area contributed by atoms with Gasteiger partial charge in [-0.3, -0.25) is 4.79 Å². The third kappa shape index (κ3) is 4.85. The van der Waals surface area contributed by atoms with Crippen LogP contribution in [0, 0.1) is 6.92 Å². The van der Waals surface area contributed by atoms with Gasteiger partial charge in [0.1, 0.15) is 16.1 Å². The Balaban J connectivity index is 1.56. The topological polar surface area (TPSA) is 84.3 Å². The molecule has 0 aliphatic carbocycles. The molecular weight excluding hydrogens is 456 g/mol. The molecule has 0 spiro atoms. The lowest BCUT2D eigenvalue weighted by Crippen LogP contribution is -2.49. The fourth-order valence-electron chi connectivity index (χ4n) is 3.74. The third-order valence-corrected chi connectivity index (χ3v) is 8.80. The molecule has 3 heterocycles. The average Bonchev–Trinajstić information content (AvgIpc) is 3.34. The van der Waals surface area contributed by atoms with E-state index >= 15 is 0 Å². The number of halogens is 1. The monoisotopic (exact) mass is 478 g/mol. The Hall–Kier alpha value is -2.20. The standard InChI is InChI=1S/C21H23ClN4O3S2/c1-15-13-19(25(24-15)14-16-7-3-2-4-8-16)23-21(27)17-9-5-6-12-26(17)31(28,29)20-11-10-18(22)30-20/h2-4,7-8,10-11,13,17H,5-6,9,12,14H2,1H3,(H,23,27). The van der Waals surface area contributed by atoms with E-state index in [1.807, 2.05) is 37.3 Å². The number of aromatic nitrogens is 2. The molecule has 0 saturated carbocycles. The first-order valence-corrected chi connectivity index (χ1v) is 12.6. The van der Waals surface area contributed by atoms with Gasteiger partial charge in [-0.25, -0.2) is 13.1 Å². The lowest BCUT2D eigenvalue weighted by molar-refractivity contribution is -0.120. The van der Waals surface area contributed by atoms with E-state index in [4.69, 9.17) is 11.6 Å². The number of benzene rings is 1. The SMILES string of the molecule is Cc1cc(NC(=O)C2CCCCN2S(=O)(=O)c2ccc(Cl)s2)n(Cc2ccccc2)n1. The second kappa shape index (κ2) is 9.12. The first kappa shape index (κ1) is 22.0. The van der Waals surface area contributed by atoms with Crippen LogP contribution in [-0.2, 0) is 21.4 Å². The number of aryl methyl sites for hydroxylation is 1. The number of nitrogens with one attached hydrogen (secondary N) is 1. The minimum atomic E-state index is -3.80. The highest BCUT2D eigenvalue weighted by molar-refractivity contribution is 7.91. The van der Waals surface area contributed by atoms with Gasteiger partial charge in [0.05, 0.1) is 16.6 Å². The van der Waals surface area contributed by atoms with Crippen molar-refractivity contribution in [1.82, 2.24) is 14.1 Å². The number of rotatable bonds is 6. The van der Waals surface area contributed by atoms with Crippen LogP contribution in [0.25, 0.3) is 0 Å². The molecule has 1 N–H and O–H groups in total. The number of hydrogen-bond donors (Lipinski definition) is 1. The number of carbonyl (C=O) groups is 1. The predicted octanol–water partition coefficient (Wildman–Crippen LogP) is 4.14. The van der Waals surface area contributed by atoms with E-state index in [0.717, 1.165) is 29.0 Å². The second-order valence-corrected chi connectivity index (χ2v) is 11.3. The molecule has 3 aromatic rings. The summed E-state index contributed by atoms with van der Waals surface area (Å²) in [4.78, 5) is 13.2. The molecule has 1 amide bonds. The summed E-state index contributed by atoms with van der Waals surface area (Å²) in [5.41, 5.74) is 1.82. The minimum Gasteiger partial charge on any atom is -0.309 e. The molecule has 1 aromatic carbocycles. The summed E-state index contributed by atoms with van der Waals surface area (Å²) in [5.74, 6) is 0.202. The number of hydrogen-bond acceptors (Lipinski definition) is 5. The molecule has 1 aliphatic rings. The molecule has 4 rings (SSSR count). The van der Waals surface area contributed by atoms with Gasteiger partial charge in [-0.1, -0.05) is 48.4 Å². The highest BCUT2D eigenvalue weighted by Gasteiger charge is 2.38. The molecule has 1 unspecified atom stereocenters. The average molecular weight is 479 g/mol. The zero-order valence-electron chi connectivity index (χ0n) is 17.0. The molecule has 1 fully saturated rings. The second-order valence-electron chi connectivity index (χ2n) is 7.49. The Labute approximate surface area is 190 Å². The molecule has 1 aliphatic heterocycles. The summed E-state index contributed by atoms with van der Waals surface area (Å²) >= 11 is 6.95. The van der Waals surface area contributed by atoms with Crippen molar-refractivity contribution in [3.05, 3.63) is 64.1 Å². The van der Waals surface area contributed by atoms with E-state index in [9.17, 15) is 13.2 Å². The number of nitrogens with zero attached hydrogens (tertiary/aromatic N) is 3. The Morgan fingerprint density at radius 2 is 2.00 bits per heavy atom. The lowest BCUT2D eigenvalue weighted by Gasteiger charge is -2.33. The molecule has 7 nitrogen and oxygen atoms in total. The van der Waals surface area contributed by atoms with Gasteiger partial charge in [0.15, 0.2) is 0 Å². The van der Waals surface area contributed by atoms with E-state index in [-0.39, 0.29) is 10.1 Å². The van der Waals surface area contributed by atoms with Gasteiger partial charge in [-0.2, -0.15) is 9.40 Å². The van der Waals surface area contributed by atoms with Crippen molar-refractivity contribution in [1.29, 1.82) is 0 Å². The lowest BCUT2D eigenvalue weighted by atomic mass is 10.0. The molecule has 1 saturated heterocycles. The summed E-state index contributed by atoms with van der Waals surface area (Å²) in [6.07, 6.45) is 1.97. The molecule has 31 heavy (non-hydrogen) atoms. The summed E-state index contributed by atoms with van der Waals surface area (Å²) in [5, 5.41) is 7.39. The Morgan fingerprint density at radius 1 is 1.23 bits per heavy atom. The van der Waals surface area contributed by atoms with Crippen LogP contribution < -0.4 is 5.32 Å². The van der Waals surface area contributed by atoms with Crippen LogP contribution in [-0.4, -0.2) is 41.0 Å². The van der Waals surface area contributed by atoms with Gasteiger partial charge in [0.2, 0.25) is 5.91 Å². The van der Waals surface area contributed by atoms with Gasteiger partial charge < -0.3 is 5.32 Å². The summed E-state index contributed by atoms with van der Waals surface area (Å²) in [6, 6.07) is 13.9. The molecule has 2 aromatic heterocycles. The van der Waals surface area contributed by atoms with Crippen LogP contribution in [0.3, 0.4) is 0 Å². The molecule has 0 radical (unpaired) electrons. The maximum Gasteiger partial charge on any atom is 0.253 e. The predicted molar refractivity (Wildman–Crippen MR) is 122 cm³/mol. The smallest absolute Gasteiger partial charge is 0.253 e. The van der Waals surface area contributed by atoms with Crippen LogP contribution in [0.2, 0.25) is 4.34 Å². The minimum absolute atomic E-state index is 0.155. The highest BCUT2D eigenvalue weighted by atomic mass is 35.5. The van der Waals surface area contributed by atoms with Crippen molar-refractivity contribution in [2.45, 2.75) is 43.0 Å². The fourth-order valence-corrected chi connectivity index (χ4v) is 7.01. The molecular formula is C21H23ClN4O3S2. The number of sulfonamides is 1. The van der Waals surface area contributed by atoms with Crippen molar-refractivity contribution in [3.8, 4) is 0 Å². The number of amides is 1. The van der Waals surface area contributed by atoms with Gasteiger partial charge >= 0.3 is 0 Å². The maximum atomic E-state index is 13.2. The summed E-state index contributed by atoms with van der Waals surface area (Å²) < 4.78 is 29.9. The van der Waals surface area contributed by atoms with Gasteiger partial charge in [-0.05, 0) is 37.5 Å². The molecule has 0 bridgehead atoms. The quantitative estimate of drug-likeness (QED) is 0.577. The molecule has 164 valence electrons. The van der Waals surface area contributed by atoms with Crippen LogP contribution >= 0.6 is 22.9 Å². The van der Waals surface area contributed by atoms with E-state index in [0.29, 0.717) is 36.1 Å². The van der Waals surface area contributed by atoms with E-state index < -0.39 is 16.1 Å². The number of thiophene rings is 1. The van der Waals surface area contributed by atoms with Crippen molar-refractivity contribution in [2.24, 2.45) is 0 Å². The van der Waals surface area contributed by atoms with Crippen molar-refractivity contribution in [2.75, 3.05) is 11.9 Å². The van der Waals surface area contributed by atoms with Crippen LogP contribution in [0.4, 0.5) is 5.82 Å². The van der Waals surface area contributed by atoms with Gasteiger partial charge in [0.25, 0.3) is 10.0 Å². The Bertz CT molecular complexity index is 1170.